The third-order valence-corrected chi connectivity index (χ3v) is 3.32. The molecular formula is C7H9BrF2S. The smallest absolute Gasteiger partial charge is 0.172 e. The van der Waals surface area contributed by atoms with E-state index in [0.717, 1.165) is 0 Å². The maximum absolute atomic E-state index is 11.9. The van der Waals surface area contributed by atoms with E-state index in [-0.39, 0.29) is 9.73 Å². The van der Waals surface area contributed by atoms with E-state index >= 15 is 0 Å². The van der Waals surface area contributed by atoms with Gasteiger partial charge in [0.2, 0.25) is 0 Å². The summed E-state index contributed by atoms with van der Waals surface area (Å²) >= 11 is 4.16. The minimum Gasteiger partial charge on any atom is -0.172 e. The molecule has 0 spiro atoms. The second-order valence-electron chi connectivity index (χ2n) is 1.86. The molecule has 0 amide bonds. The van der Waals surface area contributed by atoms with Crippen LogP contribution >= 0.6 is 27.7 Å². The number of allylic oxidation sites excluding steroid dienone is 1. The first kappa shape index (κ1) is 11.2. The molecule has 0 saturated carbocycles. The Hall–Kier alpha value is 0.170. The fourth-order valence-electron chi connectivity index (χ4n) is 0.410. The first-order valence-electron chi connectivity index (χ1n) is 3.07. The van der Waals surface area contributed by atoms with Crippen LogP contribution in [0.15, 0.2) is 22.0 Å². The molecule has 11 heavy (non-hydrogen) atoms. The van der Waals surface area contributed by atoms with Crippen LogP contribution in [0.5, 0.6) is 0 Å². The largest absolute Gasteiger partial charge is 0.281 e. The molecule has 0 aliphatic rings. The molecule has 0 nitrogen and oxygen atoms in total. The zero-order chi connectivity index (χ0) is 8.85. The van der Waals surface area contributed by atoms with Gasteiger partial charge in [-0.15, -0.1) is 11.8 Å². The minimum absolute atomic E-state index is 0.0272. The fourth-order valence-corrected chi connectivity index (χ4v) is 1.33. The lowest BCUT2D eigenvalue weighted by atomic mass is 10.5. The summed E-state index contributed by atoms with van der Waals surface area (Å²) in [4.78, 5) is 0. The van der Waals surface area contributed by atoms with E-state index in [4.69, 9.17) is 0 Å². The summed E-state index contributed by atoms with van der Waals surface area (Å²) in [6.45, 7) is 3.57. The highest BCUT2D eigenvalue weighted by Crippen LogP contribution is 2.28. The summed E-state index contributed by atoms with van der Waals surface area (Å²) < 4.78 is 23.8. The topological polar surface area (TPSA) is 0 Å². The van der Waals surface area contributed by atoms with Gasteiger partial charge >= 0.3 is 0 Å². The maximum Gasteiger partial charge on any atom is 0.281 e. The number of halogens is 3. The van der Waals surface area contributed by atoms with Crippen LogP contribution in [0, 0.1) is 0 Å². The Morgan fingerprint density at radius 2 is 2.09 bits per heavy atom. The molecule has 0 saturated heterocycles. The zero-order valence-electron chi connectivity index (χ0n) is 6.27. The number of rotatable bonds is 3. The fraction of sp³-hybridized carbons (Fsp3) is 0.429. The van der Waals surface area contributed by atoms with Crippen molar-refractivity contribution in [3.63, 3.8) is 0 Å². The summed E-state index contributed by atoms with van der Waals surface area (Å²) in [5.41, 5.74) is 0. The van der Waals surface area contributed by atoms with Gasteiger partial charge in [0.15, 0.2) is 0 Å². The van der Waals surface area contributed by atoms with Crippen molar-refractivity contribution >= 4 is 27.7 Å². The van der Waals surface area contributed by atoms with Gasteiger partial charge < -0.3 is 0 Å². The summed E-state index contributed by atoms with van der Waals surface area (Å²) in [6, 6.07) is 0. The third kappa shape index (κ3) is 4.58. The lowest BCUT2D eigenvalue weighted by molar-refractivity contribution is 0.417. The Bertz CT molecular complexity index is 173. The monoisotopic (exact) mass is 242 g/mol. The number of hydrogen-bond acceptors (Lipinski definition) is 1. The van der Waals surface area contributed by atoms with Crippen molar-refractivity contribution in [2.24, 2.45) is 0 Å². The normalized spacial score (nSPS) is 13.5. The Morgan fingerprint density at radius 1 is 1.55 bits per heavy atom. The Balaban J connectivity index is 4.03. The average molecular weight is 243 g/mol. The molecule has 1 atom stereocenters. The van der Waals surface area contributed by atoms with Crippen LogP contribution in [0.3, 0.4) is 0 Å². The molecule has 4 heteroatoms. The number of hydrogen-bond donors (Lipinski definition) is 0. The van der Waals surface area contributed by atoms with Gasteiger partial charge in [0.1, 0.15) is 0 Å². The van der Waals surface area contributed by atoms with Crippen molar-refractivity contribution in [2.45, 2.75) is 19.1 Å². The minimum atomic E-state index is -1.64. The molecule has 0 aromatic heterocycles. The lowest BCUT2D eigenvalue weighted by Crippen LogP contribution is -1.93. The predicted octanol–water partition coefficient (Wildman–Crippen LogP) is 4.14. The lowest BCUT2D eigenvalue weighted by Gasteiger charge is -2.04. The van der Waals surface area contributed by atoms with Crippen molar-refractivity contribution in [1.29, 1.82) is 0 Å². The van der Waals surface area contributed by atoms with Crippen LogP contribution in [0.4, 0.5) is 8.78 Å². The molecule has 0 heterocycles. The molecule has 1 unspecified atom stereocenters. The quantitative estimate of drug-likeness (QED) is 0.717. The molecule has 0 bridgehead atoms. The molecule has 0 N–H and O–H groups in total. The third-order valence-electron chi connectivity index (χ3n) is 0.956. The Kier molecular flexibility index (Phi) is 5.86. The molecule has 64 valence electrons. The van der Waals surface area contributed by atoms with E-state index in [9.17, 15) is 8.78 Å². The second kappa shape index (κ2) is 5.77. The van der Waals surface area contributed by atoms with Gasteiger partial charge in [-0.3, -0.25) is 0 Å². The van der Waals surface area contributed by atoms with Crippen LogP contribution in [-0.2, 0) is 0 Å². The van der Waals surface area contributed by atoms with E-state index in [2.05, 4.69) is 15.9 Å². The van der Waals surface area contributed by atoms with Crippen molar-refractivity contribution in [1.82, 2.24) is 0 Å². The summed E-state index contributed by atoms with van der Waals surface area (Å²) in [7, 11) is 0. The Labute approximate surface area is 77.9 Å². The standard InChI is InChI=1S/C7H9BrF2S/c1-3-4-11-5(2)6(8)7(9)10/h3-5H,1-2H3. The van der Waals surface area contributed by atoms with Crippen molar-refractivity contribution in [3.05, 3.63) is 22.0 Å². The highest BCUT2D eigenvalue weighted by molar-refractivity contribution is 9.11. The van der Waals surface area contributed by atoms with Crippen LogP contribution in [-0.4, -0.2) is 5.25 Å². The van der Waals surface area contributed by atoms with Gasteiger partial charge in [-0.25, -0.2) is 0 Å². The highest BCUT2D eigenvalue weighted by atomic mass is 79.9. The van der Waals surface area contributed by atoms with Crippen LogP contribution < -0.4 is 0 Å². The van der Waals surface area contributed by atoms with Gasteiger partial charge in [-0.2, -0.15) is 8.78 Å². The summed E-state index contributed by atoms with van der Waals surface area (Å²) in [5, 5.41) is 1.57. The van der Waals surface area contributed by atoms with E-state index in [1.807, 2.05) is 13.0 Å². The highest BCUT2D eigenvalue weighted by Gasteiger charge is 2.10. The number of thioether (sulfide) groups is 1. The van der Waals surface area contributed by atoms with Crippen LogP contribution in [0.25, 0.3) is 0 Å². The molecule has 0 aliphatic heterocycles. The predicted molar refractivity (Wildman–Crippen MR) is 50.0 cm³/mol. The van der Waals surface area contributed by atoms with E-state index in [1.165, 1.54) is 11.8 Å². The molecule has 0 rings (SSSR count). The molecule has 0 aliphatic carbocycles. The van der Waals surface area contributed by atoms with Gasteiger partial charge in [0.05, 0.1) is 4.48 Å². The summed E-state index contributed by atoms with van der Waals surface area (Å²) in [5.74, 6) is 0. The average Bonchev–Trinajstić information content (AvgIpc) is 1.98. The molecular weight excluding hydrogens is 234 g/mol. The molecule has 0 aromatic carbocycles. The van der Waals surface area contributed by atoms with Crippen LogP contribution in [0.2, 0.25) is 0 Å². The van der Waals surface area contributed by atoms with Crippen LogP contribution in [0.1, 0.15) is 13.8 Å². The van der Waals surface area contributed by atoms with E-state index in [1.54, 1.807) is 12.3 Å². The van der Waals surface area contributed by atoms with E-state index in [0.29, 0.717) is 0 Å². The van der Waals surface area contributed by atoms with Gasteiger partial charge in [-0.05, 0) is 35.2 Å². The van der Waals surface area contributed by atoms with Crippen molar-refractivity contribution in [2.75, 3.05) is 0 Å². The first-order valence-corrected chi connectivity index (χ1v) is 4.80. The summed E-state index contributed by atoms with van der Waals surface area (Å²) in [6.07, 6.45) is 0.173. The van der Waals surface area contributed by atoms with E-state index < -0.39 is 6.08 Å². The van der Waals surface area contributed by atoms with Gasteiger partial charge in [0, 0.05) is 5.25 Å². The zero-order valence-corrected chi connectivity index (χ0v) is 8.68. The van der Waals surface area contributed by atoms with Crippen molar-refractivity contribution in [3.8, 4) is 0 Å². The molecule has 0 fully saturated rings. The van der Waals surface area contributed by atoms with Gasteiger partial charge in [-0.1, -0.05) is 6.08 Å². The Morgan fingerprint density at radius 3 is 2.45 bits per heavy atom. The molecule has 0 radical (unpaired) electrons. The SMILES string of the molecule is CC=CSC(C)C(Br)=C(F)F. The first-order chi connectivity index (χ1) is 5.09. The molecule has 0 aromatic rings. The van der Waals surface area contributed by atoms with Crippen molar-refractivity contribution < 1.29 is 8.78 Å². The second-order valence-corrected chi connectivity index (χ2v) is 3.96. The maximum atomic E-state index is 11.9. The van der Waals surface area contributed by atoms with Gasteiger partial charge in [0.25, 0.3) is 6.08 Å².